The van der Waals surface area contributed by atoms with E-state index < -0.39 is 19.5 Å². The van der Waals surface area contributed by atoms with Crippen LogP contribution in [0.3, 0.4) is 0 Å². The van der Waals surface area contributed by atoms with E-state index in [1.54, 1.807) is 0 Å². The molecule has 11 heavy (non-hydrogen) atoms. The second kappa shape index (κ2) is 4.18. The topological polar surface area (TPSA) is 17.1 Å². The van der Waals surface area contributed by atoms with E-state index in [1.807, 2.05) is 6.08 Å². The van der Waals surface area contributed by atoms with Crippen LogP contribution in [0.2, 0.25) is 3.97 Å². The molecular weight excluding hydrogens is 252 g/mol. The average molecular weight is 266 g/mol. The zero-order valence-corrected chi connectivity index (χ0v) is 9.37. The Bertz CT molecular complexity index is 216. The summed E-state index contributed by atoms with van der Waals surface area (Å²) in [5, 5.41) is 0. The molecule has 0 saturated carbocycles. The van der Waals surface area contributed by atoms with Crippen molar-refractivity contribution in [1.29, 1.82) is 0 Å². The molecule has 0 bridgehead atoms. The fourth-order valence-corrected chi connectivity index (χ4v) is 5.23. The van der Waals surface area contributed by atoms with Crippen LogP contribution in [0, 0.1) is 0 Å². The van der Waals surface area contributed by atoms with E-state index in [0.29, 0.717) is 3.97 Å². The predicted octanol–water partition coefficient (Wildman–Crippen LogP) is 2.63. The van der Waals surface area contributed by atoms with Crippen LogP contribution in [0.4, 0.5) is 0 Å². The summed E-state index contributed by atoms with van der Waals surface area (Å²) in [7, 11) is 0. The third-order valence-electron chi connectivity index (χ3n) is 1.89. The molecule has 0 aliphatic carbocycles. The van der Waals surface area contributed by atoms with Crippen molar-refractivity contribution < 1.29 is 3.10 Å². The molecule has 0 spiro atoms. The fraction of sp³-hybridized carbons (Fsp3) is 0.556. The third kappa shape index (κ3) is 2.01. The van der Waals surface area contributed by atoms with Gasteiger partial charge in [0.1, 0.15) is 0 Å². The van der Waals surface area contributed by atoms with Crippen molar-refractivity contribution in [3.8, 4) is 0 Å². The molecule has 0 aromatic rings. The number of hydrogen-bond acceptors (Lipinski definition) is 1. The minimum atomic E-state index is -2.10. The molecule has 1 aliphatic rings. The Morgan fingerprint density at radius 1 is 1.55 bits per heavy atom. The van der Waals surface area contributed by atoms with Crippen molar-refractivity contribution in [2.45, 2.75) is 30.7 Å². The molecule has 1 atom stereocenters. The Hall–Kier alpha value is 0.0696. The predicted molar refractivity (Wildman–Crippen MR) is 48.0 cm³/mol. The Kier molecular flexibility index (Phi) is 3.48. The molecule has 0 radical (unpaired) electrons. The minimum absolute atomic E-state index is 0.401. The van der Waals surface area contributed by atoms with Crippen LogP contribution in [0.5, 0.6) is 0 Å². The van der Waals surface area contributed by atoms with E-state index in [2.05, 4.69) is 26.0 Å². The Labute approximate surface area is 75.2 Å². The van der Waals surface area contributed by atoms with Crippen molar-refractivity contribution in [3.63, 3.8) is 0 Å². The molecule has 0 fully saturated rings. The average Bonchev–Trinajstić information content (AvgIpc) is 2.05. The van der Waals surface area contributed by atoms with E-state index in [4.69, 9.17) is 0 Å². The SMILES string of the molecule is CCC1=CC=CC(CC)[Te]1=O. The summed E-state index contributed by atoms with van der Waals surface area (Å²) in [5.41, 5.74) is 0. The first-order chi connectivity index (χ1) is 5.29. The monoisotopic (exact) mass is 268 g/mol. The first kappa shape index (κ1) is 9.16. The quantitative estimate of drug-likeness (QED) is 0.702. The summed E-state index contributed by atoms with van der Waals surface area (Å²) in [5.74, 6) is 0. The standard InChI is InChI=1S/C9H14OTe/c1-3-8-6-5-7-9(4-2)11(8)10/h5-8H,3-4H2,1-2H3. The van der Waals surface area contributed by atoms with Gasteiger partial charge in [-0.2, -0.15) is 0 Å². The second-order valence-corrected chi connectivity index (χ2v) is 7.54. The van der Waals surface area contributed by atoms with Crippen molar-refractivity contribution in [2.24, 2.45) is 0 Å². The van der Waals surface area contributed by atoms with Gasteiger partial charge in [-0.15, -0.1) is 0 Å². The summed E-state index contributed by atoms with van der Waals surface area (Å²) in [6, 6.07) is 0. The van der Waals surface area contributed by atoms with Gasteiger partial charge in [0.25, 0.3) is 0 Å². The van der Waals surface area contributed by atoms with Gasteiger partial charge in [-0.05, 0) is 0 Å². The normalized spacial score (nSPS) is 25.3. The van der Waals surface area contributed by atoms with E-state index >= 15 is 0 Å². The Morgan fingerprint density at radius 3 is 2.82 bits per heavy atom. The van der Waals surface area contributed by atoms with E-state index in [-0.39, 0.29) is 0 Å². The van der Waals surface area contributed by atoms with Crippen LogP contribution in [-0.2, 0) is 3.10 Å². The summed E-state index contributed by atoms with van der Waals surface area (Å²) >= 11 is -2.10. The van der Waals surface area contributed by atoms with Crippen LogP contribution in [0.15, 0.2) is 21.8 Å². The van der Waals surface area contributed by atoms with Gasteiger partial charge in [0.15, 0.2) is 0 Å². The first-order valence-corrected chi connectivity index (χ1v) is 7.53. The van der Waals surface area contributed by atoms with Crippen LogP contribution in [-0.4, -0.2) is 19.5 Å². The molecule has 62 valence electrons. The van der Waals surface area contributed by atoms with Crippen molar-refractivity contribution in [1.82, 2.24) is 0 Å². The van der Waals surface area contributed by atoms with Crippen molar-refractivity contribution in [2.75, 3.05) is 0 Å². The van der Waals surface area contributed by atoms with E-state index in [1.165, 1.54) is 3.62 Å². The molecule has 0 N–H and O–H groups in total. The maximum absolute atomic E-state index is 11.7. The molecule has 1 aliphatic heterocycles. The summed E-state index contributed by atoms with van der Waals surface area (Å²) in [4.78, 5) is 0. The second-order valence-electron chi connectivity index (χ2n) is 2.62. The van der Waals surface area contributed by atoms with Gasteiger partial charge in [0, 0.05) is 0 Å². The molecule has 1 rings (SSSR count). The molecule has 1 heterocycles. The molecule has 0 saturated heterocycles. The van der Waals surface area contributed by atoms with Gasteiger partial charge in [-0.3, -0.25) is 0 Å². The van der Waals surface area contributed by atoms with Crippen LogP contribution >= 0.6 is 0 Å². The number of hydrogen-bond donors (Lipinski definition) is 0. The zero-order chi connectivity index (χ0) is 8.27. The van der Waals surface area contributed by atoms with Gasteiger partial charge in [-0.25, -0.2) is 0 Å². The summed E-state index contributed by atoms with van der Waals surface area (Å²) in [6.07, 6.45) is 8.20. The third-order valence-corrected chi connectivity index (χ3v) is 7.55. The van der Waals surface area contributed by atoms with E-state index in [9.17, 15) is 3.10 Å². The summed E-state index contributed by atoms with van der Waals surface area (Å²) in [6.45, 7) is 4.20. The first-order valence-electron chi connectivity index (χ1n) is 4.07. The Balaban J connectivity index is 2.77. The summed E-state index contributed by atoms with van der Waals surface area (Å²) < 4.78 is 13.3. The van der Waals surface area contributed by atoms with Gasteiger partial charge in [0.05, 0.1) is 0 Å². The molecule has 0 amide bonds. The molecule has 0 aromatic carbocycles. The van der Waals surface area contributed by atoms with Gasteiger partial charge in [-0.1, -0.05) is 0 Å². The van der Waals surface area contributed by atoms with Gasteiger partial charge >= 0.3 is 75.1 Å². The maximum atomic E-state index is 11.7. The van der Waals surface area contributed by atoms with Gasteiger partial charge in [0.2, 0.25) is 0 Å². The van der Waals surface area contributed by atoms with Gasteiger partial charge < -0.3 is 0 Å². The number of rotatable bonds is 2. The molecule has 1 unspecified atom stereocenters. The fourth-order valence-electron chi connectivity index (χ4n) is 1.17. The van der Waals surface area contributed by atoms with Crippen LogP contribution in [0.1, 0.15) is 26.7 Å². The van der Waals surface area contributed by atoms with Crippen LogP contribution < -0.4 is 0 Å². The van der Waals surface area contributed by atoms with Crippen molar-refractivity contribution >= 4 is 19.5 Å². The molecule has 1 nitrogen and oxygen atoms in total. The zero-order valence-electron chi connectivity index (χ0n) is 7.04. The number of allylic oxidation sites excluding steroid dienone is 4. The van der Waals surface area contributed by atoms with Crippen molar-refractivity contribution in [3.05, 3.63) is 21.8 Å². The Morgan fingerprint density at radius 2 is 2.27 bits per heavy atom. The molecular formula is C9H14OTe. The molecule has 2 heteroatoms. The van der Waals surface area contributed by atoms with E-state index in [0.717, 1.165) is 12.8 Å². The van der Waals surface area contributed by atoms with Crippen LogP contribution in [0.25, 0.3) is 0 Å². The molecule has 0 aromatic heterocycles.